The second kappa shape index (κ2) is 10.1. The van der Waals surface area contributed by atoms with Gasteiger partial charge < -0.3 is 10.2 Å². The van der Waals surface area contributed by atoms with Gasteiger partial charge in [0.2, 0.25) is 0 Å². The molecule has 0 aliphatic rings. The van der Waals surface area contributed by atoms with Crippen molar-refractivity contribution in [1.82, 2.24) is 5.32 Å². The average Bonchev–Trinajstić information content (AvgIpc) is 2.82. The number of nitrogens with zero attached hydrogens (tertiary/aromatic N) is 3. The van der Waals surface area contributed by atoms with E-state index in [0.29, 0.717) is 5.69 Å². The van der Waals surface area contributed by atoms with Crippen LogP contribution in [0.15, 0.2) is 78.9 Å². The average molecular weight is 448 g/mol. The SMILES string of the molecule is CC(CN(C(=O)c1ccccc1[N+](=O)[O-])c1ccccc1)NC(=O)c1ccccc1[N+](=O)[O-]. The van der Waals surface area contributed by atoms with Crippen LogP contribution in [0.4, 0.5) is 17.1 Å². The predicted octanol–water partition coefficient (Wildman–Crippen LogP) is 3.97. The minimum Gasteiger partial charge on any atom is -0.348 e. The van der Waals surface area contributed by atoms with Crippen LogP contribution in [0.5, 0.6) is 0 Å². The summed E-state index contributed by atoms with van der Waals surface area (Å²) in [7, 11) is 0. The first-order chi connectivity index (χ1) is 15.8. The number of anilines is 1. The highest BCUT2D eigenvalue weighted by Gasteiger charge is 2.27. The molecule has 0 heterocycles. The first-order valence-electron chi connectivity index (χ1n) is 9.94. The molecular formula is C23H20N4O6. The van der Waals surface area contributed by atoms with Gasteiger partial charge in [-0.3, -0.25) is 29.8 Å². The summed E-state index contributed by atoms with van der Waals surface area (Å²) in [5.74, 6) is -1.28. The molecule has 1 N–H and O–H groups in total. The molecule has 0 radical (unpaired) electrons. The molecule has 3 rings (SSSR count). The van der Waals surface area contributed by atoms with E-state index in [1.165, 1.54) is 53.4 Å². The molecule has 3 aromatic carbocycles. The van der Waals surface area contributed by atoms with Gasteiger partial charge in [-0.25, -0.2) is 0 Å². The maximum Gasteiger partial charge on any atom is 0.282 e. The van der Waals surface area contributed by atoms with Gasteiger partial charge in [0, 0.05) is 30.4 Å². The smallest absolute Gasteiger partial charge is 0.282 e. The third kappa shape index (κ3) is 5.37. The Bertz CT molecular complexity index is 1200. The monoisotopic (exact) mass is 448 g/mol. The Labute approximate surface area is 188 Å². The molecule has 10 nitrogen and oxygen atoms in total. The Hall–Kier alpha value is -4.60. The standard InChI is InChI=1S/C23H20N4O6/c1-16(24-22(28)18-11-5-7-13-20(18)26(30)31)15-25(17-9-3-2-4-10-17)23(29)19-12-6-8-14-21(19)27(32)33/h2-14,16H,15H2,1H3,(H,24,28). The molecule has 10 heteroatoms. The number of nitro groups is 2. The summed E-state index contributed by atoms with van der Waals surface area (Å²) in [6.07, 6.45) is 0. The summed E-state index contributed by atoms with van der Waals surface area (Å²) in [6.45, 7) is 1.61. The van der Waals surface area contributed by atoms with E-state index in [4.69, 9.17) is 0 Å². The number of carbonyl (C=O) groups is 2. The second-order valence-corrected chi connectivity index (χ2v) is 7.17. The highest BCUT2D eigenvalue weighted by molar-refractivity contribution is 6.08. The third-order valence-electron chi connectivity index (χ3n) is 4.82. The van der Waals surface area contributed by atoms with Crippen molar-refractivity contribution < 1.29 is 19.4 Å². The van der Waals surface area contributed by atoms with Crippen molar-refractivity contribution >= 4 is 28.9 Å². The number of carbonyl (C=O) groups excluding carboxylic acids is 2. The summed E-state index contributed by atoms with van der Waals surface area (Å²) in [4.78, 5) is 48.7. The Balaban J connectivity index is 1.88. The van der Waals surface area contributed by atoms with E-state index in [-0.39, 0.29) is 29.0 Å². The lowest BCUT2D eigenvalue weighted by Gasteiger charge is -2.26. The summed E-state index contributed by atoms with van der Waals surface area (Å²) >= 11 is 0. The zero-order valence-electron chi connectivity index (χ0n) is 17.6. The summed E-state index contributed by atoms with van der Waals surface area (Å²) in [5.41, 5.74) is -0.389. The van der Waals surface area contributed by atoms with Crippen LogP contribution in [-0.2, 0) is 0 Å². The minimum absolute atomic E-state index is 0.0265. The van der Waals surface area contributed by atoms with E-state index in [9.17, 15) is 29.8 Å². The molecule has 0 saturated heterocycles. The van der Waals surface area contributed by atoms with Crippen LogP contribution >= 0.6 is 0 Å². The zero-order valence-corrected chi connectivity index (χ0v) is 17.6. The van der Waals surface area contributed by atoms with E-state index in [0.717, 1.165) is 0 Å². The van der Waals surface area contributed by atoms with Crippen molar-refractivity contribution in [3.05, 3.63) is 110 Å². The van der Waals surface area contributed by atoms with Gasteiger partial charge in [-0.2, -0.15) is 0 Å². The van der Waals surface area contributed by atoms with Crippen molar-refractivity contribution in [1.29, 1.82) is 0 Å². The van der Waals surface area contributed by atoms with Gasteiger partial charge in [0.25, 0.3) is 23.2 Å². The van der Waals surface area contributed by atoms with E-state index in [2.05, 4.69) is 5.32 Å². The topological polar surface area (TPSA) is 136 Å². The van der Waals surface area contributed by atoms with Crippen LogP contribution in [0.2, 0.25) is 0 Å². The lowest BCUT2D eigenvalue weighted by atomic mass is 10.1. The fraction of sp³-hybridized carbons (Fsp3) is 0.130. The number of benzene rings is 3. The molecule has 0 saturated carbocycles. The maximum absolute atomic E-state index is 13.3. The molecule has 1 atom stereocenters. The van der Waals surface area contributed by atoms with Crippen LogP contribution in [0.1, 0.15) is 27.6 Å². The predicted molar refractivity (Wildman–Crippen MR) is 121 cm³/mol. The molecule has 0 bridgehead atoms. The Kier molecular flexibility index (Phi) is 7.09. The molecule has 33 heavy (non-hydrogen) atoms. The highest BCUT2D eigenvalue weighted by Crippen LogP contribution is 2.24. The largest absolute Gasteiger partial charge is 0.348 e. The van der Waals surface area contributed by atoms with E-state index >= 15 is 0 Å². The van der Waals surface area contributed by atoms with Crippen LogP contribution in [0, 0.1) is 20.2 Å². The van der Waals surface area contributed by atoms with E-state index < -0.39 is 27.7 Å². The molecule has 0 spiro atoms. The zero-order chi connectivity index (χ0) is 24.0. The minimum atomic E-state index is -0.666. The maximum atomic E-state index is 13.3. The number of hydrogen-bond donors (Lipinski definition) is 1. The first-order valence-corrected chi connectivity index (χ1v) is 9.94. The normalized spacial score (nSPS) is 11.3. The fourth-order valence-electron chi connectivity index (χ4n) is 3.32. The van der Waals surface area contributed by atoms with Crippen molar-refractivity contribution in [2.75, 3.05) is 11.4 Å². The molecule has 0 aliphatic heterocycles. The molecule has 0 aliphatic carbocycles. The number of amides is 2. The number of nitrogens with one attached hydrogen (secondary N) is 1. The van der Waals surface area contributed by atoms with E-state index in [1.54, 1.807) is 37.3 Å². The van der Waals surface area contributed by atoms with Crippen LogP contribution < -0.4 is 10.2 Å². The van der Waals surface area contributed by atoms with Crippen molar-refractivity contribution in [3.8, 4) is 0 Å². The van der Waals surface area contributed by atoms with Gasteiger partial charge in [0.1, 0.15) is 11.1 Å². The number of hydrogen-bond acceptors (Lipinski definition) is 6. The number of para-hydroxylation sites is 3. The quantitative estimate of drug-likeness (QED) is 0.409. The molecule has 168 valence electrons. The lowest BCUT2D eigenvalue weighted by molar-refractivity contribution is -0.385. The Morgan fingerprint density at radius 1 is 0.818 bits per heavy atom. The molecule has 2 amide bonds. The summed E-state index contributed by atoms with van der Waals surface area (Å²) in [5, 5.41) is 25.3. The van der Waals surface area contributed by atoms with Gasteiger partial charge in [-0.15, -0.1) is 0 Å². The fourth-order valence-corrected chi connectivity index (χ4v) is 3.32. The molecule has 3 aromatic rings. The van der Waals surface area contributed by atoms with Crippen molar-refractivity contribution in [2.45, 2.75) is 13.0 Å². The summed E-state index contributed by atoms with van der Waals surface area (Å²) < 4.78 is 0. The van der Waals surface area contributed by atoms with Gasteiger partial charge in [-0.1, -0.05) is 42.5 Å². The molecule has 0 fully saturated rings. The van der Waals surface area contributed by atoms with E-state index in [1.807, 2.05) is 0 Å². The van der Waals surface area contributed by atoms with Crippen LogP contribution in [0.25, 0.3) is 0 Å². The van der Waals surface area contributed by atoms with Gasteiger partial charge >= 0.3 is 0 Å². The molecule has 0 aromatic heterocycles. The molecular weight excluding hydrogens is 428 g/mol. The second-order valence-electron chi connectivity index (χ2n) is 7.17. The van der Waals surface area contributed by atoms with Gasteiger partial charge in [0.15, 0.2) is 0 Å². The highest BCUT2D eigenvalue weighted by atomic mass is 16.6. The Morgan fingerprint density at radius 3 is 1.88 bits per heavy atom. The van der Waals surface area contributed by atoms with Crippen LogP contribution in [0.3, 0.4) is 0 Å². The lowest BCUT2D eigenvalue weighted by Crippen LogP contribution is -2.44. The van der Waals surface area contributed by atoms with Crippen LogP contribution in [-0.4, -0.2) is 34.2 Å². The van der Waals surface area contributed by atoms with Crippen molar-refractivity contribution in [2.24, 2.45) is 0 Å². The summed E-state index contributed by atoms with van der Waals surface area (Å²) in [6, 6.07) is 19.1. The van der Waals surface area contributed by atoms with Gasteiger partial charge in [0.05, 0.1) is 9.85 Å². The number of nitro benzene ring substituents is 2. The third-order valence-corrected chi connectivity index (χ3v) is 4.82. The van der Waals surface area contributed by atoms with Crippen molar-refractivity contribution in [3.63, 3.8) is 0 Å². The van der Waals surface area contributed by atoms with Gasteiger partial charge in [-0.05, 0) is 31.2 Å². The molecule has 1 unspecified atom stereocenters. The Morgan fingerprint density at radius 2 is 1.30 bits per heavy atom. The number of rotatable bonds is 8. The first kappa shape index (κ1) is 23.1.